The number of hydrogen-bond acceptors (Lipinski definition) is 6. The summed E-state index contributed by atoms with van der Waals surface area (Å²) in [6, 6.07) is 0. The molecule has 0 aliphatic rings. The van der Waals surface area contributed by atoms with E-state index >= 15 is 0 Å². The molecule has 0 radical (unpaired) electrons. The van der Waals surface area contributed by atoms with Crippen LogP contribution in [0.4, 0.5) is 4.79 Å². The standard InChI is InChI=1S/C16H30N2O6/c1-6-17(11-15(20)24-12-13(3)4)14(19)10-18(7-2)16(21)23-9-8-22-5/h13H,6-12H2,1-5H3. The second kappa shape index (κ2) is 12.6. The summed E-state index contributed by atoms with van der Waals surface area (Å²) < 4.78 is 14.9. The first-order valence-corrected chi connectivity index (χ1v) is 8.19. The number of esters is 1. The molecular weight excluding hydrogens is 316 g/mol. The average Bonchev–Trinajstić information content (AvgIpc) is 2.55. The van der Waals surface area contributed by atoms with Crippen molar-refractivity contribution in [3.05, 3.63) is 0 Å². The van der Waals surface area contributed by atoms with E-state index < -0.39 is 12.1 Å². The van der Waals surface area contributed by atoms with Crippen molar-refractivity contribution in [1.29, 1.82) is 0 Å². The normalized spacial score (nSPS) is 10.4. The smallest absolute Gasteiger partial charge is 0.410 e. The fraction of sp³-hybridized carbons (Fsp3) is 0.812. The van der Waals surface area contributed by atoms with E-state index in [0.29, 0.717) is 26.3 Å². The summed E-state index contributed by atoms with van der Waals surface area (Å²) in [6.07, 6.45) is -0.582. The molecule has 140 valence electrons. The van der Waals surface area contributed by atoms with Crippen LogP contribution in [0.25, 0.3) is 0 Å². The molecule has 24 heavy (non-hydrogen) atoms. The van der Waals surface area contributed by atoms with Crippen molar-refractivity contribution in [3.8, 4) is 0 Å². The molecule has 0 atom stereocenters. The van der Waals surface area contributed by atoms with Gasteiger partial charge in [-0.3, -0.25) is 14.5 Å². The van der Waals surface area contributed by atoms with Crippen molar-refractivity contribution in [2.24, 2.45) is 5.92 Å². The Hall–Kier alpha value is -1.83. The maximum atomic E-state index is 12.3. The summed E-state index contributed by atoms with van der Waals surface area (Å²) in [7, 11) is 1.51. The maximum absolute atomic E-state index is 12.3. The molecule has 0 rings (SSSR count). The van der Waals surface area contributed by atoms with Gasteiger partial charge in [0.25, 0.3) is 0 Å². The van der Waals surface area contributed by atoms with Gasteiger partial charge in [0.05, 0.1) is 13.2 Å². The van der Waals surface area contributed by atoms with Crippen LogP contribution in [0.1, 0.15) is 27.7 Å². The molecule has 0 bridgehead atoms. The zero-order valence-corrected chi connectivity index (χ0v) is 15.4. The van der Waals surface area contributed by atoms with Crippen molar-refractivity contribution in [3.63, 3.8) is 0 Å². The number of hydrogen-bond donors (Lipinski definition) is 0. The third-order valence-corrected chi connectivity index (χ3v) is 3.11. The third kappa shape index (κ3) is 9.34. The highest BCUT2D eigenvalue weighted by molar-refractivity contribution is 5.85. The average molecular weight is 346 g/mol. The van der Waals surface area contributed by atoms with E-state index in [-0.39, 0.29) is 31.5 Å². The molecule has 0 aliphatic heterocycles. The molecule has 0 spiro atoms. The van der Waals surface area contributed by atoms with E-state index in [1.54, 1.807) is 13.8 Å². The van der Waals surface area contributed by atoms with Gasteiger partial charge in [0.2, 0.25) is 5.91 Å². The first-order chi connectivity index (χ1) is 11.3. The van der Waals surface area contributed by atoms with Gasteiger partial charge < -0.3 is 19.1 Å². The van der Waals surface area contributed by atoms with Crippen LogP contribution >= 0.6 is 0 Å². The Balaban J connectivity index is 4.49. The number of amides is 2. The lowest BCUT2D eigenvalue weighted by atomic mass is 10.2. The van der Waals surface area contributed by atoms with Gasteiger partial charge in [-0.05, 0) is 19.8 Å². The summed E-state index contributed by atoms with van der Waals surface area (Å²) in [4.78, 5) is 38.6. The number of carbonyl (C=O) groups is 3. The Bertz CT molecular complexity index is 400. The van der Waals surface area contributed by atoms with E-state index in [9.17, 15) is 14.4 Å². The quantitative estimate of drug-likeness (QED) is 0.412. The van der Waals surface area contributed by atoms with Crippen molar-refractivity contribution in [1.82, 2.24) is 9.80 Å². The second-order valence-corrected chi connectivity index (χ2v) is 5.61. The molecule has 0 saturated carbocycles. The van der Waals surface area contributed by atoms with Gasteiger partial charge in [0.1, 0.15) is 19.7 Å². The first kappa shape index (κ1) is 22.2. The molecular formula is C16H30N2O6. The van der Waals surface area contributed by atoms with E-state index in [4.69, 9.17) is 14.2 Å². The summed E-state index contributed by atoms with van der Waals surface area (Å²) in [5.74, 6) is -0.550. The molecule has 0 aliphatic carbocycles. The fourth-order valence-electron chi connectivity index (χ4n) is 1.71. The number of methoxy groups -OCH3 is 1. The molecule has 0 N–H and O–H groups in total. The summed E-state index contributed by atoms with van der Waals surface area (Å²) in [6.45, 7) is 8.52. The molecule has 0 aromatic rings. The van der Waals surface area contributed by atoms with Crippen molar-refractivity contribution in [2.75, 3.05) is 53.1 Å². The van der Waals surface area contributed by atoms with Gasteiger partial charge in [0, 0.05) is 20.2 Å². The van der Waals surface area contributed by atoms with Crippen LogP contribution in [-0.2, 0) is 23.8 Å². The number of carbonyl (C=O) groups excluding carboxylic acids is 3. The van der Waals surface area contributed by atoms with Crippen molar-refractivity contribution < 1.29 is 28.6 Å². The van der Waals surface area contributed by atoms with E-state index in [2.05, 4.69) is 0 Å². The number of likely N-dealkylation sites (N-methyl/N-ethyl adjacent to an activating group) is 2. The topological polar surface area (TPSA) is 85.4 Å². The predicted molar refractivity (Wildman–Crippen MR) is 88.5 cm³/mol. The van der Waals surface area contributed by atoms with Gasteiger partial charge in [-0.1, -0.05) is 13.8 Å². The summed E-state index contributed by atoms with van der Waals surface area (Å²) >= 11 is 0. The van der Waals surface area contributed by atoms with Gasteiger partial charge >= 0.3 is 12.1 Å². The van der Waals surface area contributed by atoms with Gasteiger partial charge in [0.15, 0.2) is 0 Å². The van der Waals surface area contributed by atoms with Gasteiger partial charge in [-0.25, -0.2) is 4.79 Å². The Morgan fingerprint density at radius 2 is 1.54 bits per heavy atom. The predicted octanol–water partition coefficient (Wildman–Crippen LogP) is 1.14. The SMILES string of the molecule is CCN(CC(=O)OCC(C)C)C(=O)CN(CC)C(=O)OCCOC. The zero-order chi connectivity index (χ0) is 18.5. The van der Waals surface area contributed by atoms with Gasteiger partial charge in [-0.2, -0.15) is 0 Å². The number of rotatable bonds is 11. The maximum Gasteiger partial charge on any atom is 0.410 e. The highest BCUT2D eigenvalue weighted by atomic mass is 16.6. The zero-order valence-electron chi connectivity index (χ0n) is 15.4. The van der Waals surface area contributed by atoms with Crippen molar-refractivity contribution in [2.45, 2.75) is 27.7 Å². The van der Waals surface area contributed by atoms with Crippen molar-refractivity contribution >= 4 is 18.0 Å². The lowest BCUT2D eigenvalue weighted by Gasteiger charge is -2.25. The van der Waals surface area contributed by atoms with Crippen LogP contribution in [-0.4, -0.2) is 80.9 Å². The van der Waals surface area contributed by atoms with E-state index in [1.807, 2.05) is 13.8 Å². The highest BCUT2D eigenvalue weighted by Gasteiger charge is 2.22. The van der Waals surface area contributed by atoms with Crippen LogP contribution in [0.15, 0.2) is 0 Å². The van der Waals surface area contributed by atoms with Gasteiger partial charge in [-0.15, -0.1) is 0 Å². The molecule has 0 unspecified atom stereocenters. The van der Waals surface area contributed by atoms with E-state index in [0.717, 1.165) is 0 Å². The Morgan fingerprint density at radius 1 is 0.917 bits per heavy atom. The number of ether oxygens (including phenoxy) is 3. The molecule has 8 nitrogen and oxygen atoms in total. The number of nitrogens with zero attached hydrogens (tertiary/aromatic N) is 2. The molecule has 2 amide bonds. The van der Waals surface area contributed by atoms with Crippen LogP contribution in [0, 0.1) is 5.92 Å². The minimum Gasteiger partial charge on any atom is -0.464 e. The lowest BCUT2D eigenvalue weighted by Crippen LogP contribution is -2.45. The molecule has 0 saturated heterocycles. The summed E-state index contributed by atoms with van der Waals surface area (Å²) in [5, 5.41) is 0. The minimum atomic E-state index is -0.582. The Labute approximate surface area is 144 Å². The fourth-order valence-corrected chi connectivity index (χ4v) is 1.71. The van der Waals surface area contributed by atoms with Crippen LogP contribution in [0.5, 0.6) is 0 Å². The lowest BCUT2D eigenvalue weighted by molar-refractivity contribution is -0.150. The van der Waals surface area contributed by atoms with Crippen LogP contribution in [0.3, 0.4) is 0 Å². The van der Waals surface area contributed by atoms with Crippen LogP contribution < -0.4 is 0 Å². The molecule has 0 heterocycles. The first-order valence-electron chi connectivity index (χ1n) is 8.19. The highest BCUT2D eigenvalue weighted by Crippen LogP contribution is 2.00. The molecule has 0 aromatic carbocycles. The van der Waals surface area contributed by atoms with Crippen LogP contribution in [0.2, 0.25) is 0 Å². The molecule has 0 aromatic heterocycles. The monoisotopic (exact) mass is 346 g/mol. The Kier molecular flexibility index (Phi) is 11.6. The minimum absolute atomic E-state index is 0.124. The Morgan fingerprint density at radius 3 is 2.04 bits per heavy atom. The molecule has 0 fully saturated rings. The second-order valence-electron chi connectivity index (χ2n) is 5.61. The molecule has 8 heteroatoms. The third-order valence-electron chi connectivity index (χ3n) is 3.11. The largest absolute Gasteiger partial charge is 0.464 e. The van der Waals surface area contributed by atoms with E-state index in [1.165, 1.54) is 16.9 Å². The summed E-state index contributed by atoms with van der Waals surface area (Å²) in [5.41, 5.74) is 0.